The van der Waals surface area contributed by atoms with E-state index in [0.717, 1.165) is 29.9 Å². The van der Waals surface area contributed by atoms with Crippen LogP contribution >= 0.6 is 0 Å². The van der Waals surface area contributed by atoms with Crippen LogP contribution in [0.4, 0.5) is 14.5 Å². The Bertz CT molecular complexity index is 761. The average molecular weight is 371 g/mol. The zero-order valence-corrected chi connectivity index (χ0v) is 15.8. The first kappa shape index (κ1) is 19.4. The number of piperidine rings is 3. The Morgan fingerprint density at radius 3 is 2.67 bits per heavy atom. The molecule has 1 atom stereocenters. The van der Waals surface area contributed by atoms with E-state index in [2.05, 4.69) is 23.4 Å². The Labute approximate surface area is 160 Å². The molecule has 3 fully saturated rings. The lowest BCUT2D eigenvalue weighted by Crippen LogP contribution is -2.55. The van der Waals surface area contributed by atoms with Crippen molar-refractivity contribution in [2.24, 2.45) is 5.92 Å². The minimum Gasteiger partial charge on any atom is -0.381 e. The number of halogens is 2. The highest BCUT2D eigenvalue weighted by Gasteiger charge is 2.34. The van der Waals surface area contributed by atoms with E-state index in [9.17, 15) is 8.78 Å². The standard InChI is InChI=1S/C22H27F2N3/c1-4-5-6-18(14-26(3)22-13-19(23)7-8-20(22)24)16(2)25-21-15-27-11-9-17(21)10-12-27/h4-8,13-14,17,21,25H,1-2,9-12,15H2,3H3/b6-5-,18-14+. The van der Waals surface area contributed by atoms with Crippen LogP contribution < -0.4 is 10.2 Å². The molecule has 5 heteroatoms. The van der Waals surface area contributed by atoms with Gasteiger partial charge in [-0.2, -0.15) is 0 Å². The van der Waals surface area contributed by atoms with Crippen molar-refractivity contribution in [3.63, 3.8) is 0 Å². The van der Waals surface area contributed by atoms with Gasteiger partial charge in [0.1, 0.15) is 11.6 Å². The Morgan fingerprint density at radius 1 is 1.30 bits per heavy atom. The number of benzene rings is 1. The molecular formula is C22H27F2N3. The van der Waals surface area contributed by atoms with E-state index in [0.29, 0.717) is 12.0 Å². The first-order valence-corrected chi connectivity index (χ1v) is 9.35. The summed E-state index contributed by atoms with van der Waals surface area (Å²) in [6.45, 7) is 11.3. The highest BCUT2D eigenvalue weighted by atomic mass is 19.1. The van der Waals surface area contributed by atoms with Crippen molar-refractivity contribution in [2.45, 2.75) is 18.9 Å². The maximum Gasteiger partial charge on any atom is 0.147 e. The van der Waals surface area contributed by atoms with Crippen molar-refractivity contribution in [3.8, 4) is 0 Å². The molecule has 0 amide bonds. The molecule has 1 N–H and O–H groups in total. The normalized spacial score (nSPS) is 24.9. The van der Waals surface area contributed by atoms with Crippen molar-refractivity contribution in [1.29, 1.82) is 0 Å². The summed E-state index contributed by atoms with van der Waals surface area (Å²) in [5.74, 6) is -0.285. The monoisotopic (exact) mass is 371 g/mol. The molecule has 0 saturated carbocycles. The van der Waals surface area contributed by atoms with Gasteiger partial charge in [0.2, 0.25) is 0 Å². The smallest absolute Gasteiger partial charge is 0.147 e. The van der Waals surface area contributed by atoms with Crippen molar-refractivity contribution in [2.75, 3.05) is 31.6 Å². The van der Waals surface area contributed by atoms with E-state index in [4.69, 9.17) is 0 Å². The predicted molar refractivity (Wildman–Crippen MR) is 107 cm³/mol. The van der Waals surface area contributed by atoms with E-state index < -0.39 is 11.6 Å². The second-order valence-electron chi connectivity index (χ2n) is 7.25. The molecular weight excluding hydrogens is 344 g/mol. The summed E-state index contributed by atoms with van der Waals surface area (Å²) < 4.78 is 27.6. The van der Waals surface area contributed by atoms with E-state index in [1.54, 1.807) is 24.2 Å². The third-order valence-electron chi connectivity index (χ3n) is 5.40. The van der Waals surface area contributed by atoms with Crippen LogP contribution in [-0.2, 0) is 0 Å². The molecule has 3 aliphatic rings. The zero-order valence-electron chi connectivity index (χ0n) is 15.8. The second kappa shape index (κ2) is 8.53. The number of fused-ring (bicyclic) bond motifs is 3. The molecule has 4 rings (SSSR count). The maximum absolute atomic E-state index is 14.1. The molecule has 3 heterocycles. The number of rotatable bonds is 7. The van der Waals surface area contributed by atoms with Gasteiger partial charge in [-0.3, -0.25) is 0 Å². The van der Waals surface area contributed by atoms with Crippen LogP contribution in [0.2, 0.25) is 0 Å². The molecule has 2 bridgehead atoms. The van der Waals surface area contributed by atoms with E-state index in [1.807, 2.05) is 12.2 Å². The van der Waals surface area contributed by atoms with Crippen molar-refractivity contribution >= 4 is 5.69 Å². The first-order chi connectivity index (χ1) is 13.0. The third kappa shape index (κ3) is 4.66. The largest absolute Gasteiger partial charge is 0.381 e. The van der Waals surface area contributed by atoms with Crippen LogP contribution in [0.25, 0.3) is 0 Å². The van der Waals surface area contributed by atoms with Crippen LogP contribution in [0.5, 0.6) is 0 Å². The lowest BCUT2D eigenvalue weighted by Gasteiger charge is -2.45. The Hall–Kier alpha value is -2.40. The average Bonchev–Trinajstić information content (AvgIpc) is 2.67. The molecule has 1 unspecified atom stereocenters. The number of hydrogen-bond donors (Lipinski definition) is 1. The molecule has 0 radical (unpaired) electrons. The van der Waals surface area contributed by atoms with Crippen LogP contribution in [-0.4, -0.2) is 37.6 Å². The van der Waals surface area contributed by atoms with Gasteiger partial charge in [0.05, 0.1) is 5.69 Å². The zero-order chi connectivity index (χ0) is 19.4. The number of anilines is 1. The fourth-order valence-corrected chi connectivity index (χ4v) is 3.86. The predicted octanol–water partition coefficient (Wildman–Crippen LogP) is 4.22. The molecule has 0 aromatic heterocycles. The molecule has 1 aromatic carbocycles. The summed E-state index contributed by atoms with van der Waals surface area (Å²) >= 11 is 0. The van der Waals surface area contributed by atoms with E-state index in [-0.39, 0.29) is 5.69 Å². The second-order valence-corrected chi connectivity index (χ2v) is 7.25. The number of nitrogens with zero attached hydrogens (tertiary/aromatic N) is 2. The maximum atomic E-state index is 14.1. The van der Waals surface area contributed by atoms with E-state index >= 15 is 0 Å². The minimum atomic E-state index is -0.474. The number of hydrogen-bond acceptors (Lipinski definition) is 3. The molecule has 0 aliphatic carbocycles. The molecule has 1 aromatic rings. The highest BCUT2D eigenvalue weighted by Crippen LogP contribution is 2.29. The van der Waals surface area contributed by atoms with Crippen LogP contribution in [0.3, 0.4) is 0 Å². The highest BCUT2D eigenvalue weighted by molar-refractivity contribution is 5.53. The molecule has 3 aliphatic heterocycles. The lowest BCUT2D eigenvalue weighted by molar-refractivity contribution is 0.0777. The van der Waals surface area contributed by atoms with E-state index in [1.165, 1.54) is 32.0 Å². The summed E-state index contributed by atoms with van der Waals surface area (Å²) in [7, 11) is 1.70. The van der Waals surface area contributed by atoms with Gasteiger partial charge < -0.3 is 15.1 Å². The van der Waals surface area contributed by atoms with Gasteiger partial charge in [0, 0.05) is 43.2 Å². The Kier molecular flexibility index (Phi) is 6.11. The summed E-state index contributed by atoms with van der Waals surface area (Å²) in [5.41, 5.74) is 1.75. The molecule has 0 spiro atoms. The van der Waals surface area contributed by atoms with Gasteiger partial charge in [0.25, 0.3) is 0 Å². The van der Waals surface area contributed by atoms with Gasteiger partial charge in [-0.1, -0.05) is 31.4 Å². The molecule has 3 nitrogen and oxygen atoms in total. The van der Waals surface area contributed by atoms with Crippen LogP contribution in [0, 0.1) is 17.6 Å². The van der Waals surface area contributed by atoms with Gasteiger partial charge in [0.15, 0.2) is 0 Å². The summed E-state index contributed by atoms with van der Waals surface area (Å²) in [4.78, 5) is 4.05. The first-order valence-electron chi connectivity index (χ1n) is 9.35. The van der Waals surface area contributed by atoms with Crippen LogP contribution in [0.15, 0.2) is 67.1 Å². The number of allylic oxidation sites excluding steroid dienone is 3. The Balaban J connectivity index is 1.79. The molecule has 27 heavy (non-hydrogen) atoms. The topological polar surface area (TPSA) is 18.5 Å². The van der Waals surface area contributed by atoms with Crippen molar-refractivity contribution in [1.82, 2.24) is 10.2 Å². The Morgan fingerprint density at radius 2 is 2.04 bits per heavy atom. The summed E-state index contributed by atoms with van der Waals surface area (Å²) in [6.07, 6.45) is 9.54. The lowest BCUT2D eigenvalue weighted by atomic mass is 9.84. The third-order valence-corrected chi connectivity index (χ3v) is 5.40. The SMILES string of the molecule is C=C/C=C\C(=C/N(C)c1cc(F)ccc1F)C(=C)NC1CN2CCC1CC2. The summed E-state index contributed by atoms with van der Waals surface area (Å²) in [5, 5.41) is 3.56. The number of nitrogens with one attached hydrogen (secondary N) is 1. The van der Waals surface area contributed by atoms with Gasteiger partial charge in [-0.15, -0.1) is 0 Å². The summed E-state index contributed by atoms with van der Waals surface area (Å²) in [6, 6.07) is 3.80. The quantitative estimate of drug-likeness (QED) is 0.724. The molecule has 3 saturated heterocycles. The molecule has 144 valence electrons. The fraction of sp³-hybridized carbons (Fsp3) is 0.364. The van der Waals surface area contributed by atoms with Crippen LogP contribution in [0.1, 0.15) is 12.8 Å². The van der Waals surface area contributed by atoms with Gasteiger partial charge in [-0.25, -0.2) is 8.78 Å². The minimum absolute atomic E-state index is 0.176. The van der Waals surface area contributed by atoms with Gasteiger partial charge >= 0.3 is 0 Å². The van der Waals surface area contributed by atoms with Crippen molar-refractivity contribution < 1.29 is 8.78 Å². The van der Waals surface area contributed by atoms with Crippen molar-refractivity contribution in [3.05, 3.63) is 78.7 Å². The van der Waals surface area contributed by atoms with Gasteiger partial charge in [-0.05, 0) is 44.0 Å². The fourth-order valence-electron chi connectivity index (χ4n) is 3.86.